The van der Waals surface area contributed by atoms with Gasteiger partial charge in [-0.25, -0.2) is 0 Å². The first-order valence-corrected chi connectivity index (χ1v) is 10.1. The highest BCUT2D eigenvalue weighted by atomic mass is 16.5. The number of para-hydroxylation sites is 1. The van der Waals surface area contributed by atoms with Gasteiger partial charge in [0.05, 0.1) is 20.3 Å². The van der Waals surface area contributed by atoms with Crippen molar-refractivity contribution < 1.29 is 19.1 Å². The topological polar surface area (TPSA) is 71.6 Å². The maximum Gasteiger partial charge on any atom is 0.320 e. The van der Waals surface area contributed by atoms with Crippen LogP contribution in [0.5, 0.6) is 0 Å². The maximum absolute atomic E-state index is 12.5. The third kappa shape index (κ3) is 2.91. The molecule has 0 amide bonds. The highest BCUT2D eigenvalue weighted by Gasteiger charge is 2.49. The van der Waals surface area contributed by atoms with E-state index in [0.29, 0.717) is 0 Å². The molecule has 1 fully saturated rings. The van der Waals surface area contributed by atoms with Gasteiger partial charge in [0.25, 0.3) is 0 Å². The van der Waals surface area contributed by atoms with E-state index in [-0.39, 0.29) is 17.9 Å². The first kappa shape index (κ1) is 19.0. The Morgan fingerprint density at radius 1 is 1.18 bits per heavy atom. The van der Waals surface area contributed by atoms with E-state index in [2.05, 4.69) is 35.0 Å². The first-order valence-electron chi connectivity index (χ1n) is 10.1. The number of hydrogen-bond donors (Lipinski definition) is 1. The molecule has 2 aliphatic rings. The second-order valence-corrected chi connectivity index (χ2v) is 7.84. The Kier molecular flexibility index (Phi) is 5.15. The molecule has 150 valence electrons. The van der Waals surface area contributed by atoms with Gasteiger partial charge >= 0.3 is 11.9 Å². The van der Waals surface area contributed by atoms with Crippen molar-refractivity contribution in [1.29, 1.82) is 0 Å². The van der Waals surface area contributed by atoms with E-state index >= 15 is 0 Å². The number of hydrogen-bond acceptors (Lipinski definition) is 5. The molecule has 3 heterocycles. The zero-order valence-electron chi connectivity index (χ0n) is 16.7. The molecule has 0 saturated carbocycles. The van der Waals surface area contributed by atoms with Crippen LogP contribution in [-0.2, 0) is 25.5 Å². The van der Waals surface area contributed by atoms with Gasteiger partial charge in [-0.15, -0.1) is 0 Å². The highest BCUT2D eigenvalue weighted by Crippen LogP contribution is 2.48. The minimum atomic E-state index is -0.864. The molecular weight excluding hydrogens is 356 g/mol. The number of fused-ring (bicyclic) bond motifs is 5. The van der Waals surface area contributed by atoms with Crippen LogP contribution in [0.4, 0.5) is 0 Å². The molecule has 6 heteroatoms. The standard InChI is InChI=1S/C22H28N2O4/c1-4-13-15(18(21(25)27-2)22(26)28-3)9-11-24-12-10-16-14-7-5-6-8-17(14)23-19(16)20(13)24/h5-8,13,15,18,20,23H,4,9-12H2,1-3H3/t13-,15-,20+/m1/s1. The predicted molar refractivity (Wildman–Crippen MR) is 106 cm³/mol. The molecule has 1 aromatic carbocycles. The van der Waals surface area contributed by atoms with Crippen LogP contribution in [0.1, 0.15) is 37.1 Å². The highest BCUT2D eigenvalue weighted by molar-refractivity contribution is 5.95. The van der Waals surface area contributed by atoms with Gasteiger partial charge in [0.1, 0.15) is 0 Å². The summed E-state index contributed by atoms with van der Waals surface area (Å²) in [6.07, 6.45) is 2.69. The number of ether oxygens (including phenoxy) is 2. The van der Waals surface area contributed by atoms with E-state index < -0.39 is 17.9 Å². The van der Waals surface area contributed by atoms with Crippen molar-refractivity contribution >= 4 is 22.8 Å². The molecule has 2 aliphatic heterocycles. The zero-order valence-corrected chi connectivity index (χ0v) is 16.7. The van der Waals surface area contributed by atoms with Crippen LogP contribution in [0.2, 0.25) is 0 Å². The van der Waals surface area contributed by atoms with Crippen molar-refractivity contribution in [3.63, 3.8) is 0 Å². The van der Waals surface area contributed by atoms with Crippen LogP contribution in [-0.4, -0.2) is 49.1 Å². The molecule has 0 unspecified atom stereocenters. The first-order chi connectivity index (χ1) is 13.6. The molecule has 0 spiro atoms. The average Bonchev–Trinajstić information content (AvgIpc) is 3.12. The van der Waals surface area contributed by atoms with Crippen LogP contribution in [0.3, 0.4) is 0 Å². The lowest BCUT2D eigenvalue weighted by atomic mass is 9.69. The molecule has 4 rings (SSSR count). The second kappa shape index (κ2) is 7.59. The summed E-state index contributed by atoms with van der Waals surface area (Å²) >= 11 is 0. The fraction of sp³-hybridized carbons (Fsp3) is 0.545. The lowest BCUT2D eigenvalue weighted by Gasteiger charge is -2.48. The van der Waals surface area contributed by atoms with Gasteiger partial charge in [-0.1, -0.05) is 31.5 Å². The lowest BCUT2D eigenvalue weighted by Crippen LogP contribution is -2.50. The van der Waals surface area contributed by atoms with E-state index in [1.165, 1.54) is 30.9 Å². The number of H-pyrrole nitrogens is 1. The van der Waals surface area contributed by atoms with E-state index in [9.17, 15) is 9.59 Å². The second-order valence-electron chi connectivity index (χ2n) is 7.84. The van der Waals surface area contributed by atoms with Crippen molar-refractivity contribution in [2.45, 2.75) is 32.2 Å². The number of nitrogens with one attached hydrogen (secondary N) is 1. The number of benzene rings is 1. The number of carbonyl (C=O) groups excluding carboxylic acids is 2. The Morgan fingerprint density at radius 2 is 1.89 bits per heavy atom. The van der Waals surface area contributed by atoms with Crippen LogP contribution in [0.25, 0.3) is 10.9 Å². The number of aromatic nitrogens is 1. The van der Waals surface area contributed by atoms with Gasteiger partial charge in [0.15, 0.2) is 5.92 Å². The van der Waals surface area contributed by atoms with E-state index in [0.717, 1.165) is 37.9 Å². The molecule has 0 aliphatic carbocycles. The van der Waals surface area contributed by atoms with Crippen LogP contribution in [0.15, 0.2) is 24.3 Å². The molecule has 3 atom stereocenters. The lowest BCUT2D eigenvalue weighted by molar-refractivity contribution is -0.165. The summed E-state index contributed by atoms with van der Waals surface area (Å²) in [5.41, 5.74) is 3.78. The molecule has 0 bridgehead atoms. The van der Waals surface area contributed by atoms with Gasteiger partial charge in [0, 0.05) is 23.1 Å². The van der Waals surface area contributed by atoms with Crippen molar-refractivity contribution in [2.75, 3.05) is 27.3 Å². The third-order valence-corrected chi connectivity index (χ3v) is 6.70. The molecule has 28 heavy (non-hydrogen) atoms. The third-order valence-electron chi connectivity index (χ3n) is 6.70. The minimum Gasteiger partial charge on any atom is -0.468 e. The average molecular weight is 384 g/mol. The van der Waals surface area contributed by atoms with Crippen molar-refractivity contribution in [2.24, 2.45) is 17.8 Å². The van der Waals surface area contributed by atoms with Crippen molar-refractivity contribution in [3.8, 4) is 0 Å². The molecule has 1 aromatic heterocycles. The van der Waals surface area contributed by atoms with Gasteiger partial charge < -0.3 is 14.5 Å². The minimum absolute atomic E-state index is 0.0940. The monoisotopic (exact) mass is 384 g/mol. The summed E-state index contributed by atoms with van der Waals surface area (Å²) < 4.78 is 9.95. The molecule has 2 aromatic rings. The fourth-order valence-corrected chi connectivity index (χ4v) is 5.46. The Labute approximate surface area is 165 Å². The number of piperidine rings is 1. The van der Waals surface area contributed by atoms with Crippen molar-refractivity contribution in [3.05, 3.63) is 35.5 Å². The predicted octanol–water partition coefficient (Wildman–Crippen LogP) is 3.08. The summed E-state index contributed by atoms with van der Waals surface area (Å²) in [5, 5.41) is 1.28. The van der Waals surface area contributed by atoms with E-state index in [4.69, 9.17) is 9.47 Å². The van der Waals surface area contributed by atoms with E-state index in [1.807, 2.05) is 6.07 Å². The quantitative estimate of drug-likeness (QED) is 0.648. The molecule has 0 radical (unpaired) electrons. The Bertz CT molecular complexity index is 874. The number of rotatable bonds is 4. The summed E-state index contributed by atoms with van der Waals surface area (Å²) in [5.74, 6) is -1.77. The summed E-state index contributed by atoms with van der Waals surface area (Å²) in [6.45, 7) is 4.01. The number of carbonyl (C=O) groups is 2. The molecule has 1 saturated heterocycles. The van der Waals surface area contributed by atoms with Gasteiger partial charge in [-0.05, 0) is 42.9 Å². The number of nitrogens with zero attached hydrogens (tertiary/aromatic N) is 1. The largest absolute Gasteiger partial charge is 0.468 e. The van der Waals surface area contributed by atoms with Crippen LogP contribution in [0, 0.1) is 17.8 Å². The fourth-order valence-electron chi connectivity index (χ4n) is 5.46. The maximum atomic E-state index is 12.5. The zero-order chi connectivity index (χ0) is 19.8. The van der Waals surface area contributed by atoms with Gasteiger partial charge in [-0.2, -0.15) is 0 Å². The van der Waals surface area contributed by atoms with Crippen LogP contribution >= 0.6 is 0 Å². The normalized spacial score (nSPS) is 24.6. The smallest absolute Gasteiger partial charge is 0.320 e. The van der Waals surface area contributed by atoms with E-state index in [1.54, 1.807) is 0 Å². The molecule has 6 nitrogen and oxygen atoms in total. The molecular formula is C22H28N2O4. The number of methoxy groups -OCH3 is 2. The number of esters is 2. The molecule has 1 N–H and O–H groups in total. The van der Waals surface area contributed by atoms with Gasteiger partial charge in [0.2, 0.25) is 0 Å². The van der Waals surface area contributed by atoms with Crippen LogP contribution < -0.4 is 0 Å². The van der Waals surface area contributed by atoms with Crippen molar-refractivity contribution in [1.82, 2.24) is 9.88 Å². The Morgan fingerprint density at radius 3 is 2.57 bits per heavy atom. The summed E-state index contributed by atoms with van der Waals surface area (Å²) in [7, 11) is 2.68. The summed E-state index contributed by atoms with van der Waals surface area (Å²) in [4.78, 5) is 31.1. The number of aromatic amines is 1. The Hall–Kier alpha value is -2.34. The van der Waals surface area contributed by atoms with Gasteiger partial charge in [-0.3, -0.25) is 14.5 Å². The summed E-state index contributed by atoms with van der Waals surface area (Å²) in [6, 6.07) is 8.59. The Balaban J connectivity index is 1.77. The SMILES string of the molecule is CC[C@H]1[C@H]2c3[nH]c4ccccc4c3CCN2CC[C@H]1C(C(=O)OC)C(=O)OC.